The van der Waals surface area contributed by atoms with Gasteiger partial charge in [-0.25, -0.2) is 0 Å². The van der Waals surface area contributed by atoms with Crippen molar-refractivity contribution in [3.8, 4) is 11.1 Å². The lowest BCUT2D eigenvalue weighted by Crippen LogP contribution is -2.18. The van der Waals surface area contributed by atoms with Crippen molar-refractivity contribution in [1.82, 2.24) is 4.57 Å². The molecule has 214 valence electrons. The molecule has 2 nitrogen and oxygen atoms in total. The van der Waals surface area contributed by atoms with E-state index in [-0.39, 0.29) is 6.04 Å². The second kappa shape index (κ2) is 10.7. The molecule has 1 atom stereocenters. The fraction of sp³-hybridized carbons (Fsp3) is 0.0476. The smallest absolute Gasteiger partial charge is 0.0640 e. The van der Waals surface area contributed by atoms with Gasteiger partial charge in [-0.2, -0.15) is 0 Å². The van der Waals surface area contributed by atoms with Crippen molar-refractivity contribution in [2.75, 3.05) is 4.90 Å². The summed E-state index contributed by atoms with van der Waals surface area (Å²) in [5, 5.41) is 5.25. The summed E-state index contributed by atoms with van der Waals surface area (Å²) in [6.45, 7) is 0. The summed E-state index contributed by atoms with van der Waals surface area (Å²) in [5.74, 6) is 0. The largest absolute Gasteiger partial charge is 0.333 e. The zero-order chi connectivity index (χ0) is 29.7. The van der Waals surface area contributed by atoms with Crippen LogP contribution in [0.5, 0.6) is 0 Å². The maximum atomic E-state index is 2.51. The van der Waals surface area contributed by atoms with Gasteiger partial charge in [0.05, 0.1) is 16.4 Å². The molecule has 3 heteroatoms. The molecule has 1 unspecified atom stereocenters. The number of nitrogens with zero attached hydrogens (tertiary/aromatic N) is 2. The quantitative estimate of drug-likeness (QED) is 0.192. The Morgan fingerprint density at radius 3 is 1.89 bits per heavy atom. The van der Waals surface area contributed by atoms with E-state index >= 15 is 0 Å². The van der Waals surface area contributed by atoms with Crippen LogP contribution in [0.15, 0.2) is 170 Å². The Morgan fingerprint density at radius 1 is 0.556 bits per heavy atom. The molecule has 0 aliphatic heterocycles. The summed E-state index contributed by atoms with van der Waals surface area (Å²) in [6, 6.07) is 53.0. The second-order valence-electron chi connectivity index (χ2n) is 11.7. The molecular weight excluding hydrogens is 565 g/mol. The molecule has 0 amide bonds. The average Bonchev–Trinajstić information content (AvgIpc) is 3.66. The number of allylic oxidation sites excluding steroid dienone is 3. The van der Waals surface area contributed by atoms with Crippen LogP contribution in [0.1, 0.15) is 12.5 Å². The molecule has 0 N–H and O–H groups in total. The van der Waals surface area contributed by atoms with Crippen molar-refractivity contribution in [3.05, 3.63) is 170 Å². The van der Waals surface area contributed by atoms with Gasteiger partial charge in [0.2, 0.25) is 0 Å². The molecule has 2 aromatic heterocycles. The normalized spacial score (nSPS) is 14.8. The van der Waals surface area contributed by atoms with Gasteiger partial charge in [0.1, 0.15) is 0 Å². The van der Waals surface area contributed by atoms with Crippen LogP contribution in [0, 0.1) is 0 Å². The van der Waals surface area contributed by atoms with E-state index in [9.17, 15) is 0 Å². The Labute approximate surface area is 266 Å². The van der Waals surface area contributed by atoms with Crippen molar-refractivity contribution >= 4 is 64.7 Å². The number of rotatable bonds is 5. The first-order valence-electron chi connectivity index (χ1n) is 15.6. The van der Waals surface area contributed by atoms with E-state index in [4.69, 9.17) is 0 Å². The summed E-state index contributed by atoms with van der Waals surface area (Å²) in [7, 11) is 0. The second-order valence-corrected chi connectivity index (χ2v) is 12.7. The van der Waals surface area contributed by atoms with Gasteiger partial charge in [0, 0.05) is 48.7 Å². The summed E-state index contributed by atoms with van der Waals surface area (Å²) >= 11 is 1.88. The molecule has 0 saturated carbocycles. The molecule has 9 rings (SSSR count). The molecule has 6 aromatic carbocycles. The fourth-order valence-corrected chi connectivity index (χ4v) is 8.24. The number of aromatic nitrogens is 1. The molecule has 0 saturated heterocycles. The Balaban J connectivity index is 1.17. The van der Waals surface area contributed by atoms with Crippen LogP contribution < -0.4 is 4.90 Å². The first kappa shape index (κ1) is 26.1. The van der Waals surface area contributed by atoms with Crippen molar-refractivity contribution < 1.29 is 0 Å². The van der Waals surface area contributed by atoms with Crippen LogP contribution in [0.3, 0.4) is 0 Å². The standard InChI is InChI=1S/C42H30N2S/c1-2-11-29(12-3-1)30-21-23-31(24-22-30)43(40-19-10-16-37-36-15-6-9-20-41(36)45-42(37)40)32-25-27-33(28-26-32)44-38-17-7-4-13-34(38)35-14-5-8-18-39(35)44/h1-27,33H,28H2. The number of para-hydroxylation sites is 2. The number of thiophene rings is 1. The van der Waals surface area contributed by atoms with E-state index in [0.717, 1.165) is 12.1 Å². The molecule has 1 aliphatic rings. The highest BCUT2D eigenvalue weighted by molar-refractivity contribution is 7.26. The summed E-state index contributed by atoms with van der Waals surface area (Å²) < 4.78 is 5.14. The van der Waals surface area contributed by atoms with Crippen LogP contribution in [-0.2, 0) is 0 Å². The van der Waals surface area contributed by atoms with E-state index in [2.05, 4.69) is 173 Å². The highest BCUT2D eigenvalue weighted by Crippen LogP contribution is 2.44. The van der Waals surface area contributed by atoms with Gasteiger partial charge in [-0.05, 0) is 60.0 Å². The predicted octanol–water partition coefficient (Wildman–Crippen LogP) is 12.1. The highest BCUT2D eigenvalue weighted by atomic mass is 32.1. The van der Waals surface area contributed by atoms with Gasteiger partial charge in [0.25, 0.3) is 0 Å². The zero-order valence-corrected chi connectivity index (χ0v) is 25.5. The Hall–Kier alpha value is -5.38. The molecule has 45 heavy (non-hydrogen) atoms. The third-order valence-corrected chi connectivity index (χ3v) is 10.3. The first-order valence-corrected chi connectivity index (χ1v) is 16.4. The van der Waals surface area contributed by atoms with E-state index in [1.807, 2.05) is 11.3 Å². The van der Waals surface area contributed by atoms with E-state index in [1.54, 1.807) is 0 Å². The number of fused-ring (bicyclic) bond motifs is 6. The van der Waals surface area contributed by atoms with Gasteiger partial charge < -0.3 is 9.47 Å². The minimum absolute atomic E-state index is 0.237. The van der Waals surface area contributed by atoms with Gasteiger partial charge in [-0.15, -0.1) is 11.3 Å². The lowest BCUT2D eigenvalue weighted by atomic mass is 10.0. The lowest BCUT2D eigenvalue weighted by Gasteiger charge is -2.30. The minimum Gasteiger partial charge on any atom is -0.333 e. The topological polar surface area (TPSA) is 8.17 Å². The van der Waals surface area contributed by atoms with Crippen molar-refractivity contribution in [2.24, 2.45) is 0 Å². The third-order valence-electron chi connectivity index (χ3n) is 9.12. The molecule has 1 aliphatic carbocycles. The Kier molecular flexibility index (Phi) is 6.17. The average molecular weight is 595 g/mol. The highest BCUT2D eigenvalue weighted by Gasteiger charge is 2.23. The van der Waals surface area contributed by atoms with Crippen molar-refractivity contribution in [1.29, 1.82) is 0 Å². The SMILES string of the molecule is C1=CC(n2c3ccccc3c3ccccc32)CC=C1N(c1ccc(-c2ccccc2)cc1)c1cccc2c1sc1ccccc12. The maximum Gasteiger partial charge on any atom is 0.0640 e. The minimum atomic E-state index is 0.237. The number of benzene rings is 6. The van der Waals surface area contributed by atoms with Crippen molar-refractivity contribution in [2.45, 2.75) is 12.5 Å². The van der Waals surface area contributed by atoms with Gasteiger partial charge in [0.15, 0.2) is 0 Å². The lowest BCUT2D eigenvalue weighted by molar-refractivity contribution is 0.643. The summed E-state index contributed by atoms with van der Waals surface area (Å²) in [4.78, 5) is 2.45. The van der Waals surface area contributed by atoms with E-state index in [0.29, 0.717) is 0 Å². The maximum absolute atomic E-state index is 2.51. The van der Waals surface area contributed by atoms with E-state index < -0.39 is 0 Å². The molecule has 0 spiro atoms. The van der Waals surface area contributed by atoms with Crippen LogP contribution in [0.2, 0.25) is 0 Å². The number of anilines is 2. The molecule has 8 aromatic rings. The van der Waals surface area contributed by atoms with Gasteiger partial charge >= 0.3 is 0 Å². The fourth-order valence-electron chi connectivity index (χ4n) is 7.03. The molecule has 2 heterocycles. The van der Waals surface area contributed by atoms with Crippen LogP contribution in [0.25, 0.3) is 53.1 Å². The van der Waals surface area contributed by atoms with Crippen LogP contribution >= 0.6 is 11.3 Å². The van der Waals surface area contributed by atoms with Crippen molar-refractivity contribution in [3.63, 3.8) is 0 Å². The zero-order valence-electron chi connectivity index (χ0n) is 24.7. The molecular formula is C42H30N2S. The molecule has 0 fully saturated rings. The molecule has 0 bridgehead atoms. The summed E-state index contributed by atoms with van der Waals surface area (Å²) in [5.41, 5.74) is 8.59. The first-order chi connectivity index (χ1) is 22.3. The Bertz CT molecular complexity index is 2350. The summed E-state index contributed by atoms with van der Waals surface area (Å²) in [6.07, 6.45) is 8.06. The Morgan fingerprint density at radius 2 is 1.18 bits per heavy atom. The van der Waals surface area contributed by atoms with Crippen LogP contribution in [0.4, 0.5) is 11.4 Å². The van der Waals surface area contributed by atoms with Crippen LogP contribution in [-0.4, -0.2) is 4.57 Å². The predicted molar refractivity (Wildman–Crippen MR) is 194 cm³/mol. The molecule has 0 radical (unpaired) electrons. The third kappa shape index (κ3) is 4.31. The number of hydrogen-bond donors (Lipinski definition) is 0. The van der Waals surface area contributed by atoms with Gasteiger partial charge in [-0.3, -0.25) is 0 Å². The monoisotopic (exact) mass is 594 g/mol. The number of hydrogen-bond acceptors (Lipinski definition) is 2. The van der Waals surface area contributed by atoms with Gasteiger partial charge in [-0.1, -0.05) is 121 Å². The van der Waals surface area contributed by atoms with E-state index in [1.165, 1.54) is 64.5 Å².